The van der Waals surface area contributed by atoms with Crippen LogP contribution in [0, 0.1) is 5.82 Å². The van der Waals surface area contributed by atoms with E-state index in [0.29, 0.717) is 16.4 Å². The maximum atomic E-state index is 13.4. The Morgan fingerprint density at radius 2 is 1.78 bits per heavy atom. The lowest BCUT2D eigenvalue weighted by molar-refractivity contribution is -0.140. The van der Waals surface area contributed by atoms with Crippen molar-refractivity contribution >= 4 is 27.8 Å². The van der Waals surface area contributed by atoms with Crippen LogP contribution in [0.4, 0.5) is 23.2 Å². The van der Waals surface area contributed by atoms with Gasteiger partial charge in [0, 0.05) is 13.1 Å². The van der Waals surface area contributed by atoms with Crippen molar-refractivity contribution in [2.75, 3.05) is 11.4 Å². The van der Waals surface area contributed by atoms with E-state index in [1.165, 1.54) is 24.3 Å². The van der Waals surface area contributed by atoms with E-state index in [1.807, 2.05) is 0 Å². The highest BCUT2D eigenvalue weighted by molar-refractivity contribution is 7.92. The maximum Gasteiger partial charge on any atom is 0.419 e. The zero-order chi connectivity index (χ0) is 20.4. The molecule has 0 spiro atoms. The van der Waals surface area contributed by atoms with Crippen molar-refractivity contribution in [3.8, 4) is 0 Å². The Morgan fingerprint density at radius 3 is 2.37 bits per heavy atom. The zero-order valence-electron chi connectivity index (χ0n) is 13.7. The molecule has 0 atom stereocenters. The summed E-state index contributed by atoms with van der Waals surface area (Å²) in [6, 6.07) is 7.19. The third-order valence-corrected chi connectivity index (χ3v) is 5.44. The third kappa shape index (κ3) is 4.45. The molecule has 2 rings (SSSR count). The molecule has 0 fully saturated rings. The second-order valence-electron chi connectivity index (χ2n) is 5.34. The standard InChI is InChI=1S/C17H13F4NO4S/c1-22(12-7-8-14(18)13(10-12)17(19,20)21)27(25,26)15-5-3-2-4-11(15)6-9-16(23)24/h2-10H,1H3,(H,23,24)/b9-6+. The molecule has 0 saturated carbocycles. The molecule has 10 heteroatoms. The average Bonchev–Trinajstić information content (AvgIpc) is 2.59. The lowest BCUT2D eigenvalue weighted by atomic mass is 10.2. The Morgan fingerprint density at radius 1 is 1.15 bits per heavy atom. The number of alkyl halides is 3. The largest absolute Gasteiger partial charge is 0.478 e. The molecule has 0 radical (unpaired) electrons. The summed E-state index contributed by atoms with van der Waals surface area (Å²) in [5.74, 6) is -2.83. The summed E-state index contributed by atoms with van der Waals surface area (Å²) >= 11 is 0. The second kappa shape index (κ2) is 7.39. The van der Waals surface area contributed by atoms with Gasteiger partial charge in [0.2, 0.25) is 0 Å². The van der Waals surface area contributed by atoms with Crippen molar-refractivity contribution < 1.29 is 35.9 Å². The average molecular weight is 403 g/mol. The van der Waals surface area contributed by atoms with Crippen molar-refractivity contribution in [2.45, 2.75) is 11.1 Å². The molecule has 0 aliphatic heterocycles. The molecule has 0 aliphatic carbocycles. The molecule has 2 aromatic carbocycles. The number of carboxylic acid groups (broad SMARTS) is 1. The van der Waals surface area contributed by atoms with Crippen molar-refractivity contribution in [1.29, 1.82) is 0 Å². The van der Waals surface area contributed by atoms with Gasteiger partial charge in [-0.15, -0.1) is 0 Å². The molecular weight excluding hydrogens is 390 g/mol. The fraction of sp³-hybridized carbons (Fsp3) is 0.118. The highest BCUT2D eigenvalue weighted by Gasteiger charge is 2.35. The summed E-state index contributed by atoms with van der Waals surface area (Å²) < 4.78 is 78.3. The van der Waals surface area contributed by atoms with Crippen LogP contribution >= 0.6 is 0 Å². The van der Waals surface area contributed by atoms with Gasteiger partial charge in [-0.05, 0) is 35.9 Å². The number of aliphatic carboxylic acids is 1. The van der Waals surface area contributed by atoms with Crippen LogP contribution in [0.5, 0.6) is 0 Å². The van der Waals surface area contributed by atoms with Crippen molar-refractivity contribution in [1.82, 2.24) is 0 Å². The molecule has 5 nitrogen and oxygen atoms in total. The molecule has 27 heavy (non-hydrogen) atoms. The Balaban J connectivity index is 2.54. The van der Waals surface area contributed by atoms with Crippen LogP contribution in [0.25, 0.3) is 6.08 Å². The van der Waals surface area contributed by atoms with Crippen molar-refractivity contribution in [2.24, 2.45) is 0 Å². The van der Waals surface area contributed by atoms with Gasteiger partial charge in [0.1, 0.15) is 5.82 Å². The Bertz CT molecular complexity index is 1000. The van der Waals surface area contributed by atoms with Crippen LogP contribution < -0.4 is 4.31 Å². The highest BCUT2D eigenvalue weighted by atomic mass is 32.2. The number of benzene rings is 2. The molecule has 0 heterocycles. The van der Waals surface area contributed by atoms with Gasteiger partial charge in [0.15, 0.2) is 0 Å². The highest BCUT2D eigenvalue weighted by Crippen LogP contribution is 2.35. The number of anilines is 1. The minimum absolute atomic E-state index is 0.0323. The van der Waals surface area contributed by atoms with E-state index in [9.17, 15) is 30.8 Å². The molecule has 0 saturated heterocycles. The predicted octanol–water partition coefficient (Wildman–Crippen LogP) is 3.77. The van der Waals surface area contributed by atoms with E-state index in [-0.39, 0.29) is 10.5 Å². The number of sulfonamides is 1. The Hall–Kier alpha value is -2.88. The lowest BCUT2D eigenvalue weighted by Crippen LogP contribution is -2.27. The van der Waals surface area contributed by atoms with Gasteiger partial charge in [-0.3, -0.25) is 4.31 Å². The van der Waals surface area contributed by atoms with E-state index in [1.54, 1.807) is 0 Å². The minimum atomic E-state index is -4.99. The number of hydrogen-bond donors (Lipinski definition) is 1. The van der Waals surface area contributed by atoms with E-state index >= 15 is 0 Å². The number of hydrogen-bond acceptors (Lipinski definition) is 3. The Kier molecular flexibility index (Phi) is 5.59. The van der Waals surface area contributed by atoms with Gasteiger partial charge in [0.25, 0.3) is 10.0 Å². The van der Waals surface area contributed by atoms with E-state index in [0.717, 1.165) is 25.3 Å². The van der Waals surface area contributed by atoms with Gasteiger partial charge in [-0.1, -0.05) is 18.2 Å². The van der Waals surface area contributed by atoms with Gasteiger partial charge in [-0.2, -0.15) is 13.2 Å². The monoisotopic (exact) mass is 403 g/mol. The number of halogens is 4. The molecule has 144 valence electrons. The molecule has 0 bridgehead atoms. The molecule has 0 unspecified atom stereocenters. The van der Waals surface area contributed by atoms with Crippen LogP contribution in [0.1, 0.15) is 11.1 Å². The van der Waals surface area contributed by atoms with Crippen LogP contribution in [0.2, 0.25) is 0 Å². The van der Waals surface area contributed by atoms with Crippen LogP contribution in [0.3, 0.4) is 0 Å². The molecule has 0 aromatic heterocycles. The van der Waals surface area contributed by atoms with Crippen LogP contribution in [-0.2, 0) is 21.0 Å². The van der Waals surface area contributed by atoms with Gasteiger partial charge < -0.3 is 5.11 Å². The first-order chi connectivity index (χ1) is 12.4. The van der Waals surface area contributed by atoms with Gasteiger partial charge in [-0.25, -0.2) is 17.6 Å². The minimum Gasteiger partial charge on any atom is -0.478 e. The third-order valence-electron chi connectivity index (χ3n) is 3.58. The fourth-order valence-corrected chi connectivity index (χ4v) is 3.60. The van der Waals surface area contributed by atoms with E-state index < -0.39 is 39.2 Å². The predicted molar refractivity (Wildman–Crippen MR) is 90.1 cm³/mol. The summed E-state index contributed by atoms with van der Waals surface area (Å²) in [6.07, 6.45) is -3.21. The topological polar surface area (TPSA) is 74.7 Å². The fourth-order valence-electron chi connectivity index (χ4n) is 2.23. The van der Waals surface area contributed by atoms with Crippen LogP contribution in [0.15, 0.2) is 53.4 Å². The first kappa shape index (κ1) is 20.4. The maximum absolute atomic E-state index is 13.4. The summed E-state index contributed by atoms with van der Waals surface area (Å²) in [5.41, 5.74) is -1.97. The quantitative estimate of drug-likeness (QED) is 0.609. The molecule has 1 N–H and O–H groups in total. The normalized spacial score (nSPS) is 12.3. The number of nitrogens with zero attached hydrogens (tertiary/aromatic N) is 1. The van der Waals surface area contributed by atoms with Crippen molar-refractivity contribution in [3.05, 3.63) is 65.5 Å². The number of carboxylic acids is 1. The van der Waals surface area contributed by atoms with Crippen molar-refractivity contribution in [3.63, 3.8) is 0 Å². The summed E-state index contributed by atoms with van der Waals surface area (Å²) in [5, 5.41) is 8.70. The van der Waals surface area contributed by atoms with E-state index in [4.69, 9.17) is 5.11 Å². The number of rotatable bonds is 5. The first-order valence-electron chi connectivity index (χ1n) is 7.30. The van der Waals surface area contributed by atoms with Crippen LogP contribution in [-0.4, -0.2) is 26.5 Å². The molecular formula is C17H13F4NO4S. The summed E-state index contributed by atoms with van der Waals surface area (Å²) in [7, 11) is -3.33. The smallest absolute Gasteiger partial charge is 0.419 e. The first-order valence-corrected chi connectivity index (χ1v) is 8.74. The van der Waals surface area contributed by atoms with E-state index in [2.05, 4.69) is 0 Å². The van der Waals surface area contributed by atoms with Gasteiger partial charge in [0.05, 0.1) is 16.1 Å². The molecule has 0 amide bonds. The molecule has 0 aliphatic rings. The summed E-state index contributed by atoms with van der Waals surface area (Å²) in [4.78, 5) is 10.3. The summed E-state index contributed by atoms with van der Waals surface area (Å²) in [6.45, 7) is 0. The second-order valence-corrected chi connectivity index (χ2v) is 7.28. The number of carbonyl (C=O) groups is 1. The lowest BCUT2D eigenvalue weighted by Gasteiger charge is -2.22. The Labute approximate surface area is 152 Å². The zero-order valence-corrected chi connectivity index (χ0v) is 14.6. The van der Waals surface area contributed by atoms with Gasteiger partial charge >= 0.3 is 12.1 Å². The molecule has 2 aromatic rings. The SMILES string of the molecule is CN(c1ccc(F)c(C(F)(F)F)c1)S(=O)(=O)c1ccccc1/C=C/C(=O)O.